The second-order valence-corrected chi connectivity index (χ2v) is 16.1. The second-order valence-electron chi connectivity index (χ2n) is 11.3. The first-order valence-electron chi connectivity index (χ1n) is 14.1. The molecule has 0 amide bonds. The van der Waals surface area contributed by atoms with Gasteiger partial charge in [0.1, 0.15) is 0 Å². The third kappa shape index (κ3) is 5.39. The van der Waals surface area contributed by atoms with Crippen molar-refractivity contribution in [1.29, 1.82) is 0 Å². The molecule has 0 saturated heterocycles. The van der Waals surface area contributed by atoms with E-state index in [9.17, 15) is 5.11 Å². The Hall–Kier alpha value is 0.137. The van der Waals surface area contributed by atoms with Gasteiger partial charge in [-0.3, -0.25) is 0 Å². The number of aliphatic hydroxyl groups is 1. The lowest BCUT2D eigenvalue weighted by molar-refractivity contribution is -0.0219. The summed E-state index contributed by atoms with van der Waals surface area (Å²) in [6, 6.07) is 0. The van der Waals surface area contributed by atoms with E-state index in [1.54, 1.807) is 0 Å². The van der Waals surface area contributed by atoms with E-state index in [2.05, 4.69) is 47.7 Å². The summed E-state index contributed by atoms with van der Waals surface area (Å²) in [6.45, 7) is 10.3. The largest absolute Gasteiger partial charge is 0.414 e. The normalized spacial score (nSPS) is 38.0. The van der Waals surface area contributed by atoms with Crippen molar-refractivity contribution >= 4 is 8.32 Å². The van der Waals surface area contributed by atoms with E-state index in [0.29, 0.717) is 30.3 Å². The Labute approximate surface area is 179 Å². The third-order valence-electron chi connectivity index (χ3n) is 8.27. The van der Waals surface area contributed by atoms with Gasteiger partial charge in [-0.1, -0.05) is 53.9 Å². The Morgan fingerprint density at radius 1 is 1.22 bits per heavy atom. The van der Waals surface area contributed by atoms with Gasteiger partial charge in [0.2, 0.25) is 0 Å². The molecule has 5 atom stereocenters. The zero-order valence-corrected chi connectivity index (χ0v) is 19.8. The van der Waals surface area contributed by atoms with E-state index in [1.165, 1.54) is 19.3 Å². The van der Waals surface area contributed by atoms with E-state index >= 15 is 0 Å². The van der Waals surface area contributed by atoms with Crippen LogP contribution in [0.4, 0.5) is 0 Å². The molecule has 2 nitrogen and oxygen atoms in total. The maximum absolute atomic E-state index is 10.6. The molecular formula is C24H48O2Si. The van der Waals surface area contributed by atoms with Crippen LogP contribution in [0.2, 0.25) is 18.1 Å². The summed E-state index contributed by atoms with van der Waals surface area (Å²) in [7, 11) is -1.85. The van der Waals surface area contributed by atoms with Gasteiger partial charge in [-0.05, 0) is 87.1 Å². The van der Waals surface area contributed by atoms with Gasteiger partial charge in [-0.2, -0.15) is 0 Å². The van der Waals surface area contributed by atoms with Crippen molar-refractivity contribution < 1.29 is 17.8 Å². The summed E-state index contributed by atoms with van der Waals surface area (Å²) < 4.78 is 52.5. The fraction of sp³-hybridized carbons (Fsp3) is 1.00. The lowest BCUT2D eigenvalue weighted by atomic mass is 9.61. The van der Waals surface area contributed by atoms with Crippen LogP contribution in [0.25, 0.3) is 0 Å². The summed E-state index contributed by atoms with van der Waals surface area (Å²) in [5.41, 5.74) is -2.44. The number of rotatable bonds is 7. The van der Waals surface area contributed by atoms with E-state index < -0.39 is 27.6 Å². The molecule has 160 valence electrons. The van der Waals surface area contributed by atoms with Crippen molar-refractivity contribution in [2.75, 3.05) is 0 Å². The van der Waals surface area contributed by atoms with E-state index in [4.69, 9.17) is 12.7 Å². The first kappa shape index (κ1) is 15.9. The second kappa shape index (κ2) is 8.11. The van der Waals surface area contributed by atoms with Crippen LogP contribution in [0.3, 0.4) is 0 Å². The molecule has 0 radical (unpaired) electrons. The minimum absolute atomic E-state index is 0.189. The quantitative estimate of drug-likeness (QED) is 0.457. The van der Waals surface area contributed by atoms with Crippen molar-refractivity contribution in [3.63, 3.8) is 0 Å². The summed E-state index contributed by atoms with van der Waals surface area (Å²) in [5.74, 6) is 1.42. The highest BCUT2D eigenvalue weighted by atomic mass is 28.4. The highest BCUT2D eigenvalue weighted by Crippen LogP contribution is 2.59. The molecule has 0 aliphatic heterocycles. The Balaban J connectivity index is 2.07. The molecule has 27 heavy (non-hydrogen) atoms. The number of hydrogen-bond donors (Lipinski definition) is 1. The molecule has 0 aromatic carbocycles. The average Bonchev–Trinajstić information content (AvgIpc) is 2.96. The summed E-state index contributed by atoms with van der Waals surface area (Å²) in [6.07, 6.45) is 7.03. The van der Waals surface area contributed by atoms with Gasteiger partial charge in [0, 0.05) is 14.3 Å². The molecule has 1 N–H and O–H groups in total. The van der Waals surface area contributed by atoms with Crippen LogP contribution in [0.5, 0.6) is 0 Å². The Bertz CT molecular complexity index is 655. The standard InChI is InChI=1S/C24H48O2Si/c1-18(12-10-16-23(5,6)25)19-14-15-20-21(13-11-17-24(19,20)7)26-27(8,9)22(2,3)4/h18-21,25H,10-17H2,1-9H3/t18-,19-,20+,21+,24-/m1/s1/i5D3,6D3. The van der Waals surface area contributed by atoms with Gasteiger partial charge in [0.05, 0.1) is 5.60 Å². The van der Waals surface area contributed by atoms with Crippen molar-refractivity contribution in [3.05, 3.63) is 0 Å². The van der Waals surface area contributed by atoms with Crippen molar-refractivity contribution in [1.82, 2.24) is 0 Å². The molecule has 2 saturated carbocycles. The molecule has 2 rings (SSSR count). The molecular weight excluding hydrogens is 348 g/mol. The van der Waals surface area contributed by atoms with Gasteiger partial charge < -0.3 is 9.53 Å². The molecule has 0 aromatic heterocycles. The summed E-state index contributed by atoms with van der Waals surface area (Å²) in [5, 5.41) is 10.8. The predicted octanol–water partition coefficient (Wildman–Crippen LogP) is 7.17. The molecule has 0 unspecified atom stereocenters. The van der Waals surface area contributed by atoms with Crippen LogP contribution in [-0.2, 0) is 4.43 Å². The van der Waals surface area contributed by atoms with Crippen molar-refractivity contribution in [2.45, 2.75) is 130 Å². The highest BCUT2D eigenvalue weighted by Gasteiger charge is 2.54. The van der Waals surface area contributed by atoms with Gasteiger partial charge in [-0.25, -0.2) is 0 Å². The lowest BCUT2D eigenvalue weighted by Gasteiger charge is -2.50. The Morgan fingerprint density at radius 3 is 2.48 bits per heavy atom. The smallest absolute Gasteiger partial charge is 0.192 e. The van der Waals surface area contributed by atoms with E-state index in [-0.39, 0.29) is 16.9 Å². The highest BCUT2D eigenvalue weighted by molar-refractivity contribution is 6.74. The molecule has 0 spiro atoms. The minimum atomic E-state index is -2.93. The van der Waals surface area contributed by atoms with Gasteiger partial charge >= 0.3 is 0 Å². The fourth-order valence-corrected chi connectivity index (χ4v) is 7.06. The molecule has 2 aliphatic carbocycles. The Kier molecular flexibility index (Phi) is 4.78. The molecule has 2 aliphatic rings. The average molecular weight is 403 g/mol. The monoisotopic (exact) mass is 402 g/mol. The predicted molar refractivity (Wildman–Crippen MR) is 120 cm³/mol. The molecule has 0 aromatic rings. The Morgan fingerprint density at radius 2 is 1.89 bits per heavy atom. The minimum Gasteiger partial charge on any atom is -0.414 e. The lowest BCUT2D eigenvalue weighted by Crippen LogP contribution is -2.50. The van der Waals surface area contributed by atoms with Gasteiger partial charge in [0.15, 0.2) is 8.32 Å². The van der Waals surface area contributed by atoms with E-state index in [1.807, 2.05) is 0 Å². The molecule has 0 bridgehead atoms. The van der Waals surface area contributed by atoms with Gasteiger partial charge in [-0.15, -0.1) is 0 Å². The third-order valence-corrected chi connectivity index (χ3v) is 12.8. The van der Waals surface area contributed by atoms with Crippen LogP contribution in [0.15, 0.2) is 0 Å². The number of hydrogen-bond acceptors (Lipinski definition) is 2. The first-order chi connectivity index (χ1) is 14.7. The summed E-state index contributed by atoms with van der Waals surface area (Å²) in [4.78, 5) is 0. The van der Waals surface area contributed by atoms with Crippen LogP contribution in [-0.4, -0.2) is 25.1 Å². The van der Waals surface area contributed by atoms with Crippen molar-refractivity contribution in [2.24, 2.45) is 23.2 Å². The SMILES string of the molecule is [2H]C([2H])([2H])C(O)(CCC[C@@H](C)[C@H]1CC[C@H]2[C@@H](O[Si](C)(C)C(C)(C)C)CCC[C@]12C)C([2H])([2H])[2H]. The zero-order valence-electron chi connectivity index (χ0n) is 24.8. The number of fused-ring (bicyclic) bond motifs is 1. The van der Waals surface area contributed by atoms with Crippen LogP contribution in [0.1, 0.15) is 108 Å². The fourth-order valence-electron chi connectivity index (χ4n) is 5.67. The van der Waals surface area contributed by atoms with E-state index in [0.717, 1.165) is 19.3 Å². The molecule has 0 heterocycles. The van der Waals surface area contributed by atoms with Crippen LogP contribution < -0.4 is 0 Å². The molecule has 3 heteroatoms. The summed E-state index contributed by atoms with van der Waals surface area (Å²) >= 11 is 0. The van der Waals surface area contributed by atoms with Crippen LogP contribution in [0, 0.1) is 23.2 Å². The van der Waals surface area contributed by atoms with Crippen molar-refractivity contribution in [3.8, 4) is 0 Å². The van der Waals surface area contributed by atoms with Gasteiger partial charge in [0.25, 0.3) is 0 Å². The topological polar surface area (TPSA) is 29.5 Å². The molecule has 2 fully saturated rings. The zero-order chi connectivity index (χ0) is 25.7. The van der Waals surface area contributed by atoms with Crippen LogP contribution >= 0.6 is 0 Å². The first-order valence-corrected chi connectivity index (χ1v) is 14.0. The maximum atomic E-state index is 10.6. The maximum Gasteiger partial charge on any atom is 0.192 e.